The fourth-order valence-corrected chi connectivity index (χ4v) is 2.73. The van der Waals surface area contributed by atoms with Crippen molar-refractivity contribution in [2.24, 2.45) is 0 Å². The number of nitrogens with two attached hydrogens (primary N) is 1. The van der Waals surface area contributed by atoms with E-state index in [1.807, 2.05) is 6.07 Å². The SMILES string of the molecule is Nc1noc(C2CCC2)c1-c1ccc(Cl)cc1Cl. The highest BCUT2D eigenvalue weighted by molar-refractivity contribution is 6.36. The standard InChI is InChI=1S/C13H12Cl2N2O/c14-8-4-5-9(10(15)6-8)11-12(7-2-1-3-7)18-17-13(11)16/h4-7H,1-3H2,(H2,16,17). The van der Waals surface area contributed by atoms with Crippen LogP contribution in [0.3, 0.4) is 0 Å². The molecule has 1 heterocycles. The van der Waals surface area contributed by atoms with Crippen molar-refractivity contribution in [3.8, 4) is 11.1 Å². The van der Waals surface area contributed by atoms with Crippen molar-refractivity contribution in [3.63, 3.8) is 0 Å². The summed E-state index contributed by atoms with van der Waals surface area (Å²) in [6.07, 6.45) is 3.46. The van der Waals surface area contributed by atoms with E-state index in [0.717, 1.165) is 29.7 Å². The number of anilines is 1. The Balaban J connectivity index is 2.12. The molecule has 0 aliphatic heterocycles. The number of hydrogen-bond donors (Lipinski definition) is 1. The Bertz CT molecular complexity index is 591. The molecule has 1 aromatic carbocycles. The van der Waals surface area contributed by atoms with Gasteiger partial charge in [-0.05, 0) is 25.0 Å². The Morgan fingerprint density at radius 2 is 2.06 bits per heavy atom. The third-order valence-electron chi connectivity index (χ3n) is 3.42. The van der Waals surface area contributed by atoms with Gasteiger partial charge in [-0.25, -0.2) is 0 Å². The Labute approximate surface area is 115 Å². The summed E-state index contributed by atoms with van der Waals surface area (Å²) in [5, 5.41) is 5.04. The van der Waals surface area contributed by atoms with Crippen LogP contribution in [0.4, 0.5) is 5.82 Å². The van der Waals surface area contributed by atoms with E-state index >= 15 is 0 Å². The third-order valence-corrected chi connectivity index (χ3v) is 3.97. The van der Waals surface area contributed by atoms with E-state index in [1.54, 1.807) is 12.1 Å². The maximum Gasteiger partial charge on any atom is 0.175 e. The summed E-state index contributed by atoms with van der Waals surface area (Å²) < 4.78 is 5.37. The molecule has 1 aliphatic carbocycles. The van der Waals surface area contributed by atoms with E-state index in [4.69, 9.17) is 33.5 Å². The van der Waals surface area contributed by atoms with Crippen LogP contribution in [0.2, 0.25) is 10.0 Å². The normalized spacial score (nSPS) is 15.7. The second kappa shape index (κ2) is 4.48. The first-order valence-electron chi connectivity index (χ1n) is 5.87. The smallest absolute Gasteiger partial charge is 0.175 e. The van der Waals surface area contributed by atoms with Gasteiger partial charge in [0, 0.05) is 16.5 Å². The molecule has 2 N–H and O–H groups in total. The van der Waals surface area contributed by atoms with Gasteiger partial charge in [-0.3, -0.25) is 0 Å². The summed E-state index contributed by atoms with van der Waals surface area (Å²) in [4.78, 5) is 0. The maximum atomic E-state index is 6.22. The molecule has 0 radical (unpaired) electrons. The minimum Gasteiger partial charge on any atom is -0.380 e. The van der Waals surface area contributed by atoms with Crippen molar-refractivity contribution >= 4 is 29.0 Å². The number of aromatic nitrogens is 1. The summed E-state index contributed by atoms with van der Waals surface area (Å²) in [6.45, 7) is 0. The number of nitrogen functional groups attached to an aromatic ring is 1. The Morgan fingerprint density at radius 1 is 1.28 bits per heavy atom. The van der Waals surface area contributed by atoms with E-state index in [2.05, 4.69) is 5.16 Å². The molecule has 0 amide bonds. The molecule has 1 saturated carbocycles. The van der Waals surface area contributed by atoms with Crippen LogP contribution < -0.4 is 5.73 Å². The van der Waals surface area contributed by atoms with E-state index in [-0.39, 0.29) is 0 Å². The zero-order chi connectivity index (χ0) is 12.7. The zero-order valence-corrected chi connectivity index (χ0v) is 11.1. The maximum absolute atomic E-state index is 6.22. The number of nitrogens with zero attached hydrogens (tertiary/aromatic N) is 1. The quantitative estimate of drug-likeness (QED) is 0.882. The highest BCUT2D eigenvalue weighted by atomic mass is 35.5. The molecule has 18 heavy (non-hydrogen) atoms. The number of halogens is 2. The van der Waals surface area contributed by atoms with E-state index < -0.39 is 0 Å². The fourth-order valence-electron chi connectivity index (χ4n) is 2.23. The van der Waals surface area contributed by atoms with Crippen LogP contribution in [0.25, 0.3) is 11.1 Å². The number of hydrogen-bond acceptors (Lipinski definition) is 3. The summed E-state index contributed by atoms with van der Waals surface area (Å²) in [5.74, 6) is 1.65. The van der Waals surface area contributed by atoms with Crippen molar-refractivity contribution in [2.75, 3.05) is 5.73 Å². The Kier molecular flexibility index (Phi) is 2.96. The van der Waals surface area contributed by atoms with Crippen LogP contribution in [-0.4, -0.2) is 5.16 Å². The van der Waals surface area contributed by atoms with Gasteiger partial charge in [0.25, 0.3) is 0 Å². The summed E-state index contributed by atoms with van der Waals surface area (Å²) >= 11 is 12.1. The molecule has 1 aliphatic rings. The van der Waals surface area contributed by atoms with Crippen LogP contribution in [0.1, 0.15) is 30.9 Å². The van der Waals surface area contributed by atoms with Crippen LogP contribution in [0, 0.1) is 0 Å². The minimum atomic E-state index is 0.390. The van der Waals surface area contributed by atoms with Crippen LogP contribution in [0.15, 0.2) is 22.7 Å². The molecule has 0 saturated heterocycles. The highest BCUT2D eigenvalue weighted by Gasteiger charge is 2.29. The van der Waals surface area contributed by atoms with Gasteiger partial charge in [-0.1, -0.05) is 40.8 Å². The largest absolute Gasteiger partial charge is 0.380 e. The second-order valence-corrected chi connectivity index (χ2v) is 5.40. The topological polar surface area (TPSA) is 52.0 Å². The van der Waals surface area contributed by atoms with E-state index in [1.165, 1.54) is 6.42 Å². The Hall–Kier alpha value is -1.19. The molecule has 94 valence electrons. The molecule has 1 fully saturated rings. The molecule has 0 spiro atoms. The van der Waals surface area contributed by atoms with Crippen LogP contribution in [-0.2, 0) is 0 Å². The highest BCUT2D eigenvalue weighted by Crippen LogP contribution is 2.45. The molecular weight excluding hydrogens is 271 g/mol. The first kappa shape index (κ1) is 11.9. The monoisotopic (exact) mass is 282 g/mol. The molecule has 0 atom stereocenters. The van der Waals surface area contributed by atoms with Crippen LogP contribution >= 0.6 is 23.2 Å². The van der Waals surface area contributed by atoms with E-state index in [9.17, 15) is 0 Å². The van der Waals surface area contributed by atoms with Gasteiger partial charge in [-0.15, -0.1) is 0 Å². The number of benzene rings is 1. The van der Waals surface area contributed by atoms with Crippen LogP contribution in [0.5, 0.6) is 0 Å². The molecule has 1 aromatic heterocycles. The molecule has 2 aromatic rings. The average molecular weight is 283 g/mol. The molecule has 3 rings (SSSR count). The van der Waals surface area contributed by atoms with Crippen molar-refractivity contribution in [2.45, 2.75) is 25.2 Å². The minimum absolute atomic E-state index is 0.390. The first-order chi connectivity index (χ1) is 8.66. The summed E-state index contributed by atoms with van der Waals surface area (Å²) in [7, 11) is 0. The molecular formula is C13H12Cl2N2O. The Morgan fingerprint density at radius 3 is 2.67 bits per heavy atom. The van der Waals surface area contributed by atoms with Gasteiger partial charge in [0.15, 0.2) is 5.82 Å². The first-order valence-corrected chi connectivity index (χ1v) is 6.63. The second-order valence-electron chi connectivity index (χ2n) is 4.56. The van der Waals surface area contributed by atoms with Crippen molar-refractivity contribution in [3.05, 3.63) is 34.0 Å². The molecule has 3 nitrogen and oxygen atoms in total. The van der Waals surface area contributed by atoms with Crippen molar-refractivity contribution < 1.29 is 4.52 Å². The van der Waals surface area contributed by atoms with Crippen molar-refractivity contribution in [1.82, 2.24) is 5.16 Å². The van der Waals surface area contributed by atoms with E-state index in [0.29, 0.717) is 21.8 Å². The van der Waals surface area contributed by atoms with Gasteiger partial charge in [-0.2, -0.15) is 0 Å². The predicted octanol–water partition coefficient (Wildman–Crippen LogP) is 4.50. The zero-order valence-electron chi connectivity index (χ0n) is 9.62. The molecule has 0 bridgehead atoms. The molecule has 5 heteroatoms. The summed E-state index contributed by atoms with van der Waals surface area (Å²) in [6, 6.07) is 5.35. The lowest BCUT2D eigenvalue weighted by Crippen LogP contribution is -2.09. The average Bonchev–Trinajstić information content (AvgIpc) is 2.59. The predicted molar refractivity (Wildman–Crippen MR) is 73.0 cm³/mol. The van der Waals surface area contributed by atoms with Gasteiger partial charge in [0.2, 0.25) is 0 Å². The van der Waals surface area contributed by atoms with Gasteiger partial charge in [0.05, 0.1) is 10.6 Å². The number of rotatable bonds is 2. The molecule has 0 unspecified atom stereocenters. The lowest BCUT2D eigenvalue weighted by atomic mass is 9.81. The van der Waals surface area contributed by atoms with Gasteiger partial charge >= 0.3 is 0 Å². The lowest BCUT2D eigenvalue weighted by Gasteiger charge is -2.23. The third kappa shape index (κ3) is 1.88. The lowest BCUT2D eigenvalue weighted by molar-refractivity contribution is 0.302. The summed E-state index contributed by atoms with van der Waals surface area (Å²) in [5.41, 5.74) is 7.56. The van der Waals surface area contributed by atoms with Gasteiger partial charge < -0.3 is 10.3 Å². The van der Waals surface area contributed by atoms with Crippen molar-refractivity contribution in [1.29, 1.82) is 0 Å². The fraction of sp³-hybridized carbons (Fsp3) is 0.308. The van der Waals surface area contributed by atoms with Gasteiger partial charge in [0.1, 0.15) is 5.76 Å².